The Hall–Kier alpha value is -1.87. The van der Waals surface area contributed by atoms with E-state index in [4.69, 9.17) is 0 Å². The van der Waals surface area contributed by atoms with Gasteiger partial charge in [-0.1, -0.05) is 43.3 Å². The van der Waals surface area contributed by atoms with Crippen LogP contribution in [0.25, 0.3) is 10.8 Å². The Labute approximate surface area is 117 Å². The summed E-state index contributed by atoms with van der Waals surface area (Å²) in [6.45, 7) is 2.92. The molecule has 1 N–H and O–H groups in total. The van der Waals surface area contributed by atoms with Gasteiger partial charge in [-0.3, -0.25) is 0 Å². The van der Waals surface area contributed by atoms with Gasteiger partial charge in [0.25, 0.3) is 0 Å². The maximum Gasteiger partial charge on any atom is 0.0926 e. The van der Waals surface area contributed by atoms with Crippen molar-refractivity contribution >= 4 is 27.8 Å². The van der Waals surface area contributed by atoms with Gasteiger partial charge in [0.1, 0.15) is 0 Å². The first-order valence-corrected chi connectivity index (χ1v) is 7.39. The van der Waals surface area contributed by atoms with E-state index in [1.807, 2.05) is 0 Å². The van der Waals surface area contributed by atoms with Gasteiger partial charge in [0.05, 0.1) is 17.2 Å². The molecule has 0 unspecified atom stereocenters. The molecule has 2 nitrogen and oxygen atoms in total. The summed E-state index contributed by atoms with van der Waals surface area (Å²) in [5.74, 6) is 0. The zero-order valence-corrected chi connectivity index (χ0v) is 11.7. The van der Waals surface area contributed by atoms with Gasteiger partial charge in [0, 0.05) is 16.5 Å². The lowest BCUT2D eigenvalue weighted by Gasteiger charge is -2.08. The van der Waals surface area contributed by atoms with Crippen LogP contribution in [-0.2, 0) is 13.0 Å². The number of nitrogens with zero attached hydrogens (tertiary/aromatic N) is 1. The third-order valence-electron chi connectivity index (χ3n) is 3.15. The van der Waals surface area contributed by atoms with Crippen molar-refractivity contribution in [2.45, 2.75) is 19.9 Å². The fourth-order valence-corrected chi connectivity index (χ4v) is 2.90. The van der Waals surface area contributed by atoms with Crippen molar-refractivity contribution in [2.75, 3.05) is 5.32 Å². The van der Waals surface area contributed by atoms with Gasteiger partial charge in [-0.2, -0.15) is 0 Å². The number of hydrogen-bond acceptors (Lipinski definition) is 3. The molecular weight excluding hydrogens is 252 g/mol. The summed E-state index contributed by atoms with van der Waals surface area (Å²) < 4.78 is 0. The summed E-state index contributed by atoms with van der Waals surface area (Å²) in [6.07, 6.45) is 1.01. The van der Waals surface area contributed by atoms with E-state index in [1.54, 1.807) is 11.3 Å². The van der Waals surface area contributed by atoms with Crippen LogP contribution >= 0.6 is 11.3 Å². The lowest BCUT2D eigenvalue weighted by Crippen LogP contribution is -2.00. The van der Waals surface area contributed by atoms with Gasteiger partial charge in [0.2, 0.25) is 0 Å². The molecule has 0 bridgehead atoms. The van der Waals surface area contributed by atoms with Crippen LogP contribution < -0.4 is 5.32 Å². The van der Waals surface area contributed by atoms with E-state index in [-0.39, 0.29) is 0 Å². The highest BCUT2D eigenvalue weighted by atomic mass is 32.1. The predicted molar refractivity (Wildman–Crippen MR) is 82.8 cm³/mol. The highest BCUT2D eigenvalue weighted by Gasteiger charge is 2.02. The quantitative estimate of drug-likeness (QED) is 0.755. The Morgan fingerprint density at radius 1 is 1.11 bits per heavy atom. The molecule has 1 heterocycles. The van der Waals surface area contributed by atoms with Crippen LogP contribution in [0.4, 0.5) is 5.69 Å². The Bertz CT molecular complexity index is 683. The van der Waals surface area contributed by atoms with Crippen LogP contribution in [0.15, 0.2) is 47.8 Å². The largest absolute Gasteiger partial charge is 0.379 e. The molecule has 0 aliphatic heterocycles. The number of nitrogens with one attached hydrogen (secondary N) is 1. The van der Waals surface area contributed by atoms with Crippen molar-refractivity contribution in [1.29, 1.82) is 0 Å². The van der Waals surface area contributed by atoms with Crippen LogP contribution in [0.3, 0.4) is 0 Å². The molecule has 3 heteroatoms. The van der Waals surface area contributed by atoms with Crippen LogP contribution in [0.2, 0.25) is 0 Å². The van der Waals surface area contributed by atoms with Crippen molar-refractivity contribution in [3.63, 3.8) is 0 Å². The zero-order chi connectivity index (χ0) is 13.1. The molecule has 0 aliphatic rings. The highest BCUT2D eigenvalue weighted by Crippen LogP contribution is 2.23. The molecule has 0 spiro atoms. The summed E-state index contributed by atoms with van der Waals surface area (Å²) in [4.78, 5) is 4.58. The second kappa shape index (κ2) is 5.41. The monoisotopic (exact) mass is 268 g/mol. The molecule has 3 aromatic rings. The van der Waals surface area contributed by atoms with E-state index in [0.29, 0.717) is 0 Å². The minimum Gasteiger partial charge on any atom is -0.379 e. The van der Waals surface area contributed by atoms with Gasteiger partial charge in [0.15, 0.2) is 0 Å². The third kappa shape index (κ3) is 2.61. The predicted octanol–water partition coefficient (Wildman–Crippen LogP) is 4.47. The molecule has 19 heavy (non-hydrogen) atoms. The molecule has 0 aliphatic carbocycles. The molecule has 1 aromatic heterocycles. The van der Waals surface area contributed by atoms with Crippen molar-refractivity contribution in [1.82, 2.24) is 4.98 Å². The van der Waals surface area contributed by atoms with Gasteiger partial charge < -0.3 is 5.32 Å². The van der Waals surface area contributed by atoms with Crippen molar-refractivity contribution < 1.29 is 0 Å². The summed E-state index contributed by atoms with van der Waals surface area (Å²) in [7, 11) is 0. The number of fused-ring (bicyclic) bond motifs is 1. The van der Waals surface area contributed by atoms with Gasteiger partial charge in [-0.05, 0) is 17.9 Å². The maximum atomic E-state index is 4.58. The number of rotatable bonds is 4. The molecule has 2 aromatic carbocycles. The standard InChI is InChI=1S/C16H16N2S/c1-2-16-18-13(11-19-16)10-17-15-9-5-7-12-6-3-4-8-14(12)15/h3-9,11,17H,2,10H2,1H3. The average Bonchev–Trinajstić information content (AvgIpc) is 2.93. The summed E-state index contributed by atoms with van der Waals surface area (Å²) in [5.41, 5.74) is 2.29. The lowest BCUT2D eigenvalue weighted by molar-refractivity contribution is 1.01. The second-order valence-corrected chi connectivity index (χ2v) is 5.41. The van der Waals surface area contributed by atoms with Crippen molar-refractivity contribution in [2.24, 2.45) is 0 Å². The molecule has 0 radical (unpaired) electrons. The minimum absolute atomic E-state index is 0.782. The topological polar surface area (TPSA) is 24.9 Å². The first-order chi connectivity index (χ1) is 9.36. The molecule has 3 rings (SSSR count). The van der Waals surface area contributed by atoms with E-state index in [2.05, 4.69) is 65.1 Å². The molecule has 0 saturated heterocycles. The van der Waals surface area contributed by atoms with E-state index < -0.39 is 0 Å². The van der Waals surface area contributed by atoms with Crippen LogP contribution in [-0.4, -0.2) is 4.98 Å². The molecule has 96 valence electrons. The zero-order valence-electron chi connectivity index (χ0n) is 10.9. The highest BCUT2D eigenvalue weighted by molar-refractivity contribution is 7.09. The maximum absolute atomic E-state index is 4.58. The van der Waals surface area contributed by atoms with Crippen molar-refractivity contribution in [3.05, 3.63) is 58.5 Å². The average molecular weight is 268 g/mol. The van der Waals surface area contributed by atoms with E-state index in [9.17, 15) is 0 Å². The van der Waals surface area contributed by atoms with E-state index >= 15 is 0 Å². The number of hydrogen-bond donors (Lipinski definition) is 1. The fraction of sp³-hybridized carbons (Fsp3) is 0.188. The fourth-order valence-electron chi connectivity index (χ4n) is 2.16. The SMILES string of the molecule is CCc1nc(CNc2cccc3ccccc23)cs1. The van der Waals surface area contributed by atoms with Gasteiger partial charge in [-0.15, -0.1) is 11.3 Å². The smallest absolute Gasteiger partial charge is 0.0926 e. The van der Waals surface area contributed by atoms with Crippen LogP contribution in [0.1, 0.15) is 17.6 Å². The van der Waals surface area contributed by atoms with Crippen molar-refractivity contribution in [3.8, 4) is 0 Å². The molecular formula is C16H16N2S. The Morgan fingerprint density at radius 2 is 1.95 bits per heavy atom. The molecule has 0 amide bonds. The molecule has 0 atom stereocenters. The Morgan fingerprint density at radius 3 is 2.79 bits per heavy atom. The summed E-state index contributed by atoms with van der Waals surface area (Å²) >= 11 is 1.74. The summed E-state index contributed by atoms with van der Waals surface area (Å²) in [6, 6.07) is 14.8. The Kier molecular flexibility index (Phi) is 3.47. The van der Waals surface area contributed by atoms with E-state index in [0.717, 1.165) is 18.7 Å². The van der Waals surface area contributed by atoms with Gasteiger partial charge >= 0.3 is 0 Å². The first kappa shape index (κ1) is 12.2. The lowest BCUT2D eigenvalue weighted by atomic mass is 10.1. The number of aryl methyl sites for hydroxylation is 1. The molecule has 0 fully saturated rings. The second-order valence-electron chi connectivity index (χ2n) is 4.47. The summed E-state index contributed by atoms with van der Waals surface area (Å²) in [5, 5.41) is 9.35. The normalized spacial score (nSPS) is 10.8. The Balaban J connectivity index is 1.81. The number of benzene rings is 2. The van der Waals surface area contributed by atoms with E-state index in [1.165, 1.54) is 21.5 Å². The number of anilines is 1. The van der Waals surface area contributed by atoms with Gasteiger partial charge in [-0.25, -0.2) is 4.98 Å². The third-order valence-corrected chi connectivity index (χ3v) is 4.19. The molecule has 0 saturated carbocycles. The first-order valence-electron chi connectivity index (χ1n) is 6.51. The minimum atomic E-state index is 0.782. The van der Waals surface area contributed by atoms with Crippen LogP contribution in [0, 0.1) is 0 Å². The number of aromatic nitrogens is 1. The van der Waals surface area contributed by atoms with Crippen LogP contribution in [0.5, 0.6) is 0 Å². The number of thiazole rings is 1.